The van der Waals surface area contributed by atoms with E-state index in [0.717, 1.165) is 12.3 Å². The Morgan fingerprint density at radius 1 is 1.21 bits per heavy atom. The quantitative estimate of drug-likeness (QED) is 0.838. The maximum atomic E-state index is 13.2. The third kappa shape index (κ3) is 4.14. The van der Waals surface area contributed by atoms with E-state index in [2.05, 4.69) is 4.72 Å². The highest BCUT2D eigenvalue weighted by Gasteiger charge is 2.42. The summed E-state index contributed by atoms with van der Waals surface area (Å²) >= 11 is 0. The standard InChI is InChI=1S/C15H23FN2O4S2/c1-10(2)13-8-18(9-14(13)17-23(4,19)20)24(21,22)15-6-5-12(16)7-11(15)3/h5-7,10,13-14,17H,8-9H2,1-4H3/t13-,14+/m0/s1. The number of rotatable bonds is 5. The van der Waals surface area contributed by atoms with E-state index in [9.17, 15) is 21.2 Å². The second-order valence-electron chi connectivity index (χ2n) is 6.64. The van der Waals surface area contributed by atoms with E-state index in [1.807, 2.05) is 13.8 Å². The second-order valence-corrected chi connectivity index (χ2v) is 10.3. The molecule has 0 radical (unpaired) electrons. The lowest BCUT2D eigenvalue weighted by Gasteiger charge is -2.21. The molecule has 1 aromatic rings. The lowest BCUT2D eigenvalue weighted by atomic mass is 9.92. The topological polar surface area (TPSA) is 83.6 Å². The molecule has 1 aromatic carbocycles. The van der Waals surface area contributed by atoms with Crippen molar-refractivity contribution in [3.8, 4) is 0 Å². The van der Waals surface area contributed by atoms with Crippen molar-refractivity contribution in [3.63, 3.8) is 0 Å². The van der Waals surface area contributed by atoms with Crippen LogP contribution in [0.25, 0.3) is 0 Å². The number of benzene rings is 1. The van der Waals surface area contributed by atoms with E-state index in [-0.39, 0.29) is 29.8 Å². The summed E-state index contributed by atoms with van der Waals surface area (Å²) in [5.74, 6) is -0.515. The summed E-state index contributed by atoms with van der Waals surface area (Å²) in [4.78, 5) is 0.0476. The molecule has 0 bridgehead atoms. The van der Waals surface area contributed by atoms with Crippen LogP contribution in [0, 0.1) is 24.6 Å². The minimum Gasteiger partial charge on any atom is -0.213 e. The summed E-state index contributed by atoms with van der Waals surface area (Å²) < 4.78 is 65.9. The summed E-state index contributed by atoms with van der Waals surface area (Å²) in [5.41, 5.74) is 0.329. The first kappa shape index (κ1) is 19.3. The van der Waals surface area contributed by atoms with Crippen LogP contribution >= 0.6 is 0 Å². The maximum absolute atomic E-state index is 13.2. The first-order valence-corrected chi connectivity index (χ1v) is 11.0. The summed E-state index contributed by atoms with van der Waals surface area (Å²) in [6, 6.07) is 3.06. The van der Waals surface area contributed by atoms with Crippen LogP contribution in [-0.2, 0) is 20.0 Å². The molecule has 1 aliphatic rings. The highest BCUT2D eigenvalue weighted by Crippen LogP contribution is 2.30. The third-order valence-electron chi connectivity index (χ3n) is 4.31. The van der Waals surface area contributed by atoms with Crippen LogP contribution in [0.15, 0.2) is 23.1 Å². The zero-order valence-corrected chi connectivity index (χ0v) is 15.8. The van der Waals surface area contributed by atoms with Gasteiger partial charge in [0.05, 0.1) is 11.2 Å². The molecule has 1 aliphatic heterocycles. The number of halogens is 1. The van der Waals surface area contributed by atoms with Gasteiger partial charge in [-0.05, 0) is 42.5 Å². The normalized spacial score (nSPS) is 23.1. The lowest BCUT2D eigenvalue weighted by Crippen LogP contribution is -2.41. The maximum Gasteiger partial charge on any atom is 0.243 e. The Bertz CT molecular complexity index is 822. The van der Waals surface area contributed by atoms with Gasteiger partial charge in [-0.1, -0.05) is 13.8 Å². The molecule has 9 heteroatoms. The average Bonchev–Trinajstić information content (AvgIpc) is 2.80. The van der Waals surface area contributed by atoms with E-state index in [1.54, 1.807) is 0 Å². The molecule has 0 spiro atoms. The molecule has 6 nitrogen and oxygen atoms in total. The van der Waals surface area contributed by atoms with Gasteiger partial charge in [-0.15, -0.1) is 0 Å². The smallest absolute Gasteiger partial charge is 0.213 e. The molecule has 0 saturated carbocycles. The number of hydrogen-bond donors (Lipinski definition) is 1. The van der Waals surface area contributed by atoms with Gasteiger partial charge < -0.3 is 0 Å². The molecule has 1 saturated heterocycles. The van der Waals surface area contributed by atoms with Crippen LogP contribution < -0.4 is 4.72 Å². The zero-order valence-electron chi connectivity index (χ0n) is 14.2. The van der Waals surface area contributed by atoms with Gasteiger partial charge in [0.25, 0.3) is 0 Å². The molecule has 1 heterocycles. The van der Waals surface area contributed by atoms with Crippen molar-refractivity contribution in [2.75, 3.05) is 19.3 Å². The number of sulfonamides is 2. The Kier molecular flexibility index (Phi) is 5.39. The molecule has 0 amide bonds. The van der Waals surface area contributed by atoms with Gasteiger partial charge in [0.15, 0.2) is 0 Å². The summed E-state index contributed by atoms with van der Waals surface area (Å²) in [6.45, 7) is 5.69. The molecule has 0 aliphatic carbocycles. The molecular formula is C15H23FN2O4S2. The minimum absolute atomic E-state index is 0.0476. The van der Waals surface area contributed by atoms with Crippen LogP contribution in [0.1, 0.15) is 19.4 Å². The molecule has 1 N–H and O–H groups in total. The molecule has 2 atom stereocenters. The second kappa shape index (κ2) is 6.70. The molecule has 136 valence electrons. The van der Waals surface area contributed by atoms with Crippen molar-refractivity contribution < 1.29 is 21.2 Å². The average molecular weight is 378 g/mol. The lowest BCUT2D eigenvalue weighted by molar-refractivity contribution is 0.356. The van der Waals surface area contributed by atoms with E-state index in [1.165, 1.54) is 23.4 Å². The number of nitrogens with one attached hydrogen (secondary N) is 1. The van der Waals surface area contributed by atoms with Gasteiger partial charge in [-0.3, -0.25) is 0 Å². The van der Waals surface area contributed by atoms with E-state index < -0.39 is 31.9 Å². The molecule has 1 fully saturated rings. The number of nitrogens with zero attached hydrogens (tertiary/aromatic N) is 1. The molecule has 24 heavy (non-hydrogen) atoms. The van der Waals surface area contributed by atoms with Crippen molar-refractivity contribution in [3.05, 3.63) is 29.6 Å². The van der Waals surface area contributed by atoms with Gasteiger partial charge in [0.1, 0.15) is 5.82 Å². The van der Waals surface area contributed by atoms with Crippen molar-refractivity contribution in [1.82, 2.24) is 9.03 Å². The fraction of sp³-hybridized carbons (Fsp3) is 0.600. The zero-order chi connectivity index (χ0) is 18.3. The Balaban J connectivity index is 2.34. The van der Waals surface area contributed by atoms with Crippen LogP contribution in [0.3, 0.4) is 0 Å². The number of hydrogen-bond acceptors (Lipinski definition) is 4. The van der Waals surface area contributed by atoms with Crippen LogP contribution in [0.5, 0.6) is 0 Å². The van der Waals surface area contributed by atoms with Gasteiger partial charge in [-0.2, -0.15) is 4.31 Å². The SMILES string of the molecule is Cc1cc(F)ccc1S(=O)(=O)N1C[C@@H](NS(C)(=O)=O)[C@H](C(C)C)C1. The van der Waals surface area contributed by atoms with E-state index >= 15 is 0 Å². The third-order valence-corrected chi connectivity index (χ3v) is 7.03. The van der Waals surface area contributed by atoms with Crippen molar-refractivity contribution in [2.24, 2.45) is 11.8 Å². The largest absolute Gasteiger partial charge is 0.243 e. The highest BCUT2D eigenvalue weighted by molar-refractivity contribution is 7.89. The first-order valence-electron chi connectivity index (χ1n) is 7.65. The Labute approximate surface area is 143 Å². The summed E-state index contributed by atoms with van der Waals surface area (Å²) in [5, 5.41) is 0. The van der Waals surface area contributed by atoms with Crippen LogP contribution in [-0.4, -0.2) is 46.5 Å². The van der Waals surface area contributed by atoms with Gasteiger partial charge in [0, 0.05) is 19.1 Å². The Morgan fingerprint density at radius 2 is 1.83 bits per heavy atom. The predicted octanol–water partition coefficient (Wildman–Crippen LogP) is 1.33. The van der Waals surface area contributed by atoms with Crippen molar-refractivity contribution >= 4 is 20.0 Å². The highest BCUT2D eigenvalue weighted by atomic mass is 32.2. The van der Waals surface area contributed by atoms with Crippen molar-refractivity contribution in [1.29, 1.82) is 0 Å². The fourth-order valence-corrected chi connectivity index (χ4v) is 5.61. The Hall–Kier alpha value is -1.03. The number of aryl methyl sites for hydroxylation is 1. The van der Waals surface area contributed by atoms with Gasteiger partial charge >= 0.3 is 0 Å². The molecular weight excluding hydrogens is 355 g/mol. The summed E-state index contributed by atoms with van der Waals surface area (Å²) in [6.07, 6.45) is 1.06. The fourth-order valence-electron chi connectivity index (χ4n) is 3.10. The molecule has 2 rings (SSSR count). The Morgan fingerprint density at radius 3 is 2.33 bits per heavy atom. The van der Waals surface area contributed by atoms with Gasteiger partial charge in [-0.25, -0.2) is 25.9 Å². The first-order chi connectivity index (χ1) is 10.9. The minimum atomic E-state index is -3.81. The summed E-state index contributed by atoms with van der Waals surface area (Å²) in [7, 11) is -7.25. The molecule has 0 aromatic heterocycles. The van der Waals surface area contributed by atoms with Crippen LogP contribution in [0.4, 0.5) is 4.39 Å². The van der Waals surface area contributed by atoms with Crippen molar-refractivity contribution in [2.45, 2.75) is 31.7 Å². The monoisotopic (exact) mass is 378 g/mol. The van der Waals surface area contributed by atoms with Gasteiger partial charge in [0.2, 0.25) is 20.0 Å². The van der Waals surface area contributed by atoms with E-state index in [0.29, 0.717) is 5.56 Å². The van der Waals surface area contributed by atoms with E-state index in [4.69, 9.17) is 0 Å². The predicted molar refractivity (Wildman–Crippen MR) is 90.0 cm³/mol. The molecule has 0 unspecified atom stereocenters. The van der Waals surface area contributed by atoms with Crippen LogP contribution in [0.2, 0.25) is 0 Å².